The summed E-state index contributed by atoms with van der Waals surface area (Å²) in [6.07, 6.45) is 1.14. The van der Waals surface area contributed by atoms with E-state index in [-0.39, 0.29) is 17.8 Å². The first kappa shape index (κ1) is 26.5. The number of ether oxygens (including phenoxy) is 1. The summed E-state index contributed by atoms with van der Waals surface area (Å²) in [6.45, 7) is 0.506. The number of methoxy groups -OCH3 is 1. The molecule has 214 valence electrons. The largest absolute Gasteiger partial charge is 0.497 e. The molecule has 4 aromatic carbocycles. The second kappa shape index (κ2) is 10.8. The second-order valence-corrected chi connectivity index (χ2v) is 10.9. The van der Waals surface area contributed by atoms with Gasteiger partial charge in [0.15, 0.2) is 0 Å². The van der Waals surface area contributed by atoms with Gasteiger partial charge in [-0.3, -0.25) is 14.5 Å². The molecule has 43 heavy (non-hydrogen) atoms. The first-order chi connectivity index (χ1) is 21.0. The number of carbonyl (C=O) groups excluding carboxylic acids is 3. The Hall–Kier alpha value is -5.37. The number of nitrogens with zero attached hydrogens (tertiary/aromatic N) is 2. The second-order valence-electron chi connectivity index (χ2n) is 10.9. The molecule has 2 aliphatic rings. The van der Waals surface area contributed by atoms with Crippen LogP contribution in [0.1, 0.15) is 38.8 Å². The minimum atomic E-state index is -0.660. The van der Waals surface area contributed by atoms with Crippen molar-refractivity contribution in [1.82, 2.24) is 15.2 Å². The van der Waals surface area contributed by atoms with E-state index in [0.29, 0.717) is 30.0 Å². The average Bonchev–Trinajstić information content (AvgIpc) is 3.54. The normalized spacial score (nSPS) is 17.6. The first-order valence-corrected chi connectivity index (χ1v) is 14.4. The van der Waals surface area contributed by atoms with Gasteiger partial charge < -0.3 is 15.0 Å². The highest BCUT2D eigenvalue weighted by atomic mass is 16.5. The number of anilines is 1. The van der Waals surface area contributed by atoms with Gasteiger partial charge in [0, 0.05) is 35.1 Å². The van der Waals surface area contributed by atoms with Crippen LogP contribution < -0.4 is 15.0 Å². The molecule has 8 heteroatoms. The molecular weight excluding hydrogens is 540 g/mol. The summed E-state index contributed by atoms with van der Waals surface area (Å²) in [5, 5.41) is 3.99. The highest BCUT2D eigenvalue weighted by Crippen LogP contribution is 2.45. The van der Waals surface area contributed by atoms with Crippen molar-refractivity contribution in [3.63, 3.8) is 0 Å². The van der Waals surface area contributed by atoms with Crippen molar-refractivity contribution in [3.8, 4) is 5.75 Å². The van der Waals surface area contributed by atoms with E-state index in [4.69, 9.17) is 4.74 Å². The summed E-state index contributed by atoms with van der Waals surface area (Å²) in [5.41, 5.74) is 5.85. The van der Waals surface area contributed by atoms with Crippen molar-refractivity contribution in [2.45, 2.75) is 24.9 Å². The zero-order valence-electron chi connectivity index (χ0n) is 23.6. The number of H-pyrrole nitrogens is 1. The van der Waals surface area contributed by atoms with E-state index in [1.807, 2.05) is 78.9 Å². The lowest BCUT2D eigenvalue weighted by molar-refractivity contribution is -0.120. The molecule has 0 aliphatic carbocycles. The smallest absolute Gasteiger partial charge is 0.332 e. The number of aromatic nitrogens is 1. The van der Waals surface area contributed by atoms with Crippen molar-refractivity contribution in [1.29, 1.82) is 0 Å². The molecule has 3 heterocycles. The number of nitrogens with one attached hydrogen (secondary N) is 2. The number of aromatic amines is 1. The van der Waals surface area contributed by atoms with Crippen LogP contribution in [-0.4, -0.2) is 47.4 Å². The fraction of sp³-hybridized carbons (Fsp3) is 0.171. The Morgan fingerprint density at radius 1 is 0.907 bits per heavy atom. The highest BCUT2D eigenvalue weighted by molar-refractivity contribution is 6.22. The summed E-state index contributed by atoms with van der Waals surface area (Å²) in [5.74, 6) is 0.228. The van der Waals surface area contributed by atoms with Crippen molar-refractivity contribution in [3.05, 3.63) is 131 Å². The predicted molar refractivity (Wildman–Crippen MR) is 164 cm³/mol. The molecule has 2 N–H and O–H groups in total. The van der Waals surface area contributed by atoms with Gasteiger partial charge in [-0.15, -0.1) is 0 Å². The topological polar surface area (TPSA) is 94.7 Å². The van der Waals surface area contributed by atoms with Gasteiger partial charge in [-0.05, 0) is 65.6 Å². The number of benzene rings is 4. The van der Waals surface area contributed by atoms with Gasteiger partial charge >= 0.3 is 6.03 Å². The van der Waals surface area contributed by atoms with Crippen LogP contribution in [-0.2, 0) is 17.6 Å². The number of hydrogen-bond donors (Lipinski definition) is 2. The van der Waals surface area contributed by atoms with E-state index in [9.17, 15) is 14.4 Å². The summed E-state index contributed by atoms with van der Waals surface area (Å²) in [6, 6.07) is 30.7. The van der Waals surface area contributed by atoms with E-state index >= 15 is 0 Å². The quantitative estimate of drug-likeness (QED) is 0.248. The number of imide groups is 1. The number of amides is 4. The van der Waals surface area contributed by atoms with E-state index in [1.165, 1.54) is 4.90 Å². The Morgan fingerprint density at radius 3 is 2.37 bits per heavy atom. The number of para-hydroxylation sites is 1. The zero-order chi connectivity index (χ0) is 29.5. The number of urea groups is 1. The van der Waals surface area contributed by atoms with Crippen LogP contribution in [0.25, 0.3) is 10.9 Å². The Morgan fingerprint density at radius 2 is 1.63 bits per heavy atom. The molecule has 0 spiro atoms. The maximum atomic E-state index is 14.1. The summed E-state index contributed by atoms with van der Waals surface area (Å²) in [4.78, 5) is 47.3. The van der Waals surface area contributed by atoms with E-state index < -0.39 is 12.1 Å². The molecule has 2 atom stereocenters. The summed E-state index contributed by atoms with van der Waals surface area (Å²) >= 11 is 0. The molecule has 8 nitrogen and oxygen atoms in total. The third-order valence-electron chi connectivity index (χ3n) is 8.41. The van der Waals surface area contributed by atoms with Gasteiger partial charge in [0.2, 0.25) is 0 Å². The number of carbonyl (C=O) groups is 3. The van der Waals surface area contributed by atoms with Crippen molar-refractivity contribution >= 4 is 34.4 Å². The number of hydrogen-bond acceptors (Lipinski definition) is 4. The standard InChI is InChI=1S/C35H30N4O4/c1-43-26-17-13-23(14-18-26)32-31-28(27-9-5-6-10-29(27)37-31)21-30-34(41)38(35(42)39(30)32)25-15-11-24(12-16-25)33(40)36-20-19-22-7-3-2-4-8-22/h2-18,30,32,37H,19-21H2,1H3,(H,36,40)/t30-,32?/m0/s1. The lowest BCUT2D eigenvalue weighted by Gasteiger charge is -2.36. The fourth-order valence-corrected chi connectivity index (χ4v) is 6.27. The molecule has 1 saturated heterocycles. The fourth-order valence-electron chi connectivity index (χ4n) is 6.27. The monoisotopic (exact) mass is 570 g/mol. The molecule has 4 amide bonds. The lowest BCUT2D eigenvalue weighted by atomic mass is 9.89. The van der Waals surface area contributed by atoms with Crippen molar-refractivity contribution < 1.29 is 19.1 Å². The molecule has 7 rings (SSSR count). The van der Waals surface area contributed by atoms with Crippen LogP contribution in [0.2, 0.25) is 0 Å². The first-order valence-electron chi connectivity index (χ1n) is 14.4. The lowest BCUT2D eigenvalue weighted by Crippen LogP contribution is -2.44. The SMILES string of the molecule is COc1ccc(C2c3[nH]c4ccccc4c3C[C@H]3C(=O)N(c4ccc(C(=O)NCCc5ccccc5)cc4)C(=O)N23)cc1. The molecule has 1 fully saturated rings. The maximum absolute atomic E-state index is 14.1. The van der Waals surface area contributed by atoms with Gasteiger partial charge in [-0.25, -0.2) is 9.69 Å². The number of rotatable bonds is 7. The van der Waals surface area contributed by atoms with Crippen LogP contribution in [0.4, 0.5) is 10.5 Å². The van der Waals surface area contributed by atoms with Crippen LogP contribution in [0.5, 0.6) is 5.75 Å². The molecule has 0 saturated carbocycles. The van der Waals surface area contributed by atoms with Gasteiger partial charge in [0.25, 0.3) is 11.8 Å². The van der Waals surface area contributed by atoms with E-state index in [2.05, 4.69) is 10.3 Å². The summed E-state index contributed by atoms with van der Waals surface area (Å²) in [7, 11) is 1.61. The molecule has 2 aliphatic heterocycles. The summed E-state index contributed by atoms with van der Waals surface area (Å²) < 4.78 is 5.36. The van der Waals surface area contributed by atoms with Gasteiger partial charge in [0.1, 0.15) is 17.8 Å². The Labute approximate surface area is 248 Å². The Balaban J connectivity index is 1.17. The van der Waals surface area contributed by atoms with Crippen molar-refractivity contribution in [2.75, 3.05) is 18.6 Å². The van der Waals surface area contributed by atoms with Gasteiger partial charge in [-0.2, -0.15) is 0 Å². The van der Waals surface area contributed by atoms with Crippen LogP contribution in [0.3, 0.4) is 0 Å². The van der Waals surface area contributed by atoms with Crippen LogP contribution in [0, 0.1) is 0 Å². The maximum Gasteiger partial charge on any atom is 0.332 e. The van der Waals surface area contributed by atoms with Crippen LogP contribution >= 0.6 is 0 Å². The van der Waals surface area contributed by atoms with E-state index in [1.54, 1.807) is 36.3 Å². The van der Waals surface area contributed by atoms with Crippen molar-refractivity contribution in [2.24, 2.45) is 0 Å². The number of fused-ring (bicyclic) bond motifs is 4. The predicted octanol–water partition coefficient (Wildman–Crippen LogP) is 5.63. The highest BCUT2D eigenvalue weighted by Gasteiger charge is 2.53. The minimum absolute atomic E-state index is 0.205. The molecule has 0 radical (unpaired) electrons. The van der Waals surface area contributed by atoms with Gasteiger partial charge in [-0.1, -0.05) is 60.7 Å². The zero-order valence-corrected chi connectivity index (χ0v) is 23.6. The third kappa shape index (κ3) is 4.61. The van der Waals surface area contributed by atoms with Gasteiger partial charge in [0.05, 0.1) is 12.8 Å². The molecule has 1 aromatic heterocycles. The van der Waals surface area contributed by atoms with Crippen LogP contribution in [0.15, 0.2) is 103 Å². The average molecular weight is 571 g/mol. The molecule has 1 unspecified atom stereocenters. The molecular formula is C35H30N4O4. The Kier molecular flexibility index (Phi) is 6.66. The van der Waals surface area contributed by atoms with E-state index in [0.717, 1.165) is 39.7 Å². The molecule has 0 bridgehead atoms. The minimum Gasteiger partial charge on any atom is -0.497 e. The molecule has 5 aromatic rings. The Bertz CT molecular complexity index is 1830. The third-order valence-corrected chi connectivity index (χ3v) is 8.41.